The van der Waals surface area contributed by atoms with Gasteiger partial charge in [0.15, 0.2) is 9.84 Å². The van der Waals surface area contributed by atoms with Gasteiger partial charge in [0.05, 0.1) is 11.5 Å². The van der Waals surface area contributed by atoms with Gasteiger partial charge in [-0.1, -0.05) is 29.3 Å². The summed E-state index contributed by atoms with van der Waals surface area (Å²) >= 11 is 12.1. The van der Waals surface area contributed by atoms with Gasteiger partial charge in [-0.15, -0.1) is 0 Å². The van der Waals surface area contributed by atoms with Crippen LogP contribution in [0.25, 0.3) is 0 Å². The van der Waals surface area contributed by atoms with Gasteiger partial charge in [-0.3, -0.25) is 14.5 Å². The van der Waals surface area contributed by atoms with Gasteiger partial charge in [0.1, 0.15) is 12.1 Å². The normalized spacial score (nSPS) is 25.9. The molecule has 2 aliphatic heterocycles. The minimum Gasteiger partial charge on any atom is -0.337 e. The predicted octanol–water partition coefficient (Wildman–Crippen LogP) is 1.80. The van der Waals surface area contributed by atoms with Gasteiger partial charge in [-0.25, -0.2) is 13.2 Å². The van der Waals surface area contributed by atoms with Gasteiger partial charge < -0.3 is 10.2 Å². The molecule has 0 unspecified atom stereocenters. The Balaban J connectivity index is 1.80. The van der Waals surface area contributed by atoms with Crippen LogP contribution in [0.3, 0.4) is 0 Å². The Kier molecular flexibility index (Phi) is 5.86. The minimum absolute atomic E-state index is 0.0255. The maximum Gasteiger partial charge on any atom is 0.325 e. The highest BCUT2D eigenvalue weighted by Gasteiger charge is 2.51. The Labute approximate surface area is 179 Å². The first-order chi connectivity index (χ1) is 13.5. The fraction of sp³-hybridized carbons (Fsp3) is 0.500. The van der Waals surface area contributed by atoms with E-state index >= 15 is 0 Å². The van der Waals surface area contributed by atoms with Gasteiger partial charge in [-0.05, 0) is 32.4 Å². The molecule has 0 aromatic heterocycles. The molecule has 11 heteroatoms. The lowest BCUT2D eigenvalue weighted by molar-refractivity contribution is -0.139. The molecule has 0 spiro atoms. The molecule has 2 saturated heterocycles. The molecule has 1 aromatic carbocycles. The van der Waals surface area contributed by atoms with Crippen molar-refractivity contribution >= 4 is 50.9 Å². The van der Waals surface area contributed by atoms with Gasteiger partial charge in [0.2, 0.25) is 5.91 Å². The number of hydrogen-bond donors (Lipinski definition) is 1. The maximum absolute atomic E-state index is 13.0. The van der Waals surface area contributed by atoms with Crippen molar-refractivity contribution in [1.29, 1.82) is 0 Å². The Hall–Kier alpha value is -1.84. The van der Waals surface area contributed by atoms with E-state index in [0.29, 0.717) is 17.0 Å². The van der Waals surface area contributed by atoms with E-state index in [4.69, 9.17) is 23.2 Å². The standard InChI is InChI=1S/C18H21Cl2N3O5S/c1-3-22(12-6-7-29(27,28)10-12)15(24)9-23-16(25)18(2,21-17(23)26)13-5-4-11(19)8-14(13)20/h4-5,8,12H,3,6-7,9-10H2,1-2H3,(H,21,26)/t12-,18+/m0/s1. The Morgan fingerprint density at radius 2 is 2.03 bits per heavy atom. The van der Waals surface area contributed by atoms with Crippen LogP contribution >= 0.6 is 23.2 Å². The Morgan fingerprint density at radius 1 is 1.34 bits per heavy atom. The number of rotatable bonds is 5. The van der Waals surface area contributed by atoms with Crippen LogP contribution in [-0.4, -0.2) is 66.7 Å². The fourth-order valence-electron chi connectivity index (χ4n) is 3.80. The topological polar surface area (TPSA) is 104 Å². The van der Waals surface area contributed by atoms with Crippen molar-refractivity contribution in [3.05, 3.63) is 33.8 Å². The molecule has 0 saturated carbocycles. The highest BCUT2D eigenvalue weighted by molar-refractivity contribution is 7.91. The summed E-state index contributed by atoms with van der Waals surface area (Å²) in [4.78, 5) is 40.5. The molecule has 158 valence electrons. The van der Waals surface area contributed by atoms with Crippen LogP contribution in [0.15, 0.2) is 18.2 Å². The number of urea groups is 1. The number of hydrogen-bond acceptors (Lipinski definition) is 5. The molecule has 2 fully saturated rings. The maximum atomic E-state index is 13.0. The summed E-state index contributed by atoms with van der Waals surface area (Å²) < 4.78 is 23.5. The smallest absolute Gasteiger partial charge is 0.325 e. The first-order valence-electron chi connectivity index (χ1n) is 9.08. The number of nitrogens with zero attached hydrogens (tertiary/aromatic N) is 2. The summed E-state index contributed by atoms with van der Waals surface area (Å²) in [5.74, 6) is -1.18. The van der Waals surface area contributed by atoms with E-state index in [0.717, 1.165) is 4.90 Å². The number of sulfone groups is 1. The first-order valence-corrected chi connectivity index (χ1v) is 11.7. The highest BCUT2D eigenvalue weighted by atomic mass is 35.5. The van der Waals surface area contributed by atoms with Crippen LogP contribution in [0.4, 0.5) is 4.79 Å². The zero-order valence-corrected chi connectivity index (χ0v) is 18.3. The van der Waals surface area contributed by atoms with Crippen LogP contribution < -0.4 is 5.32 Å². The molecule has 4 amide bonds. The van der Waals surface area contributed by atoms with Gasteiger partial charge in [0, 0.05) is 28.2 Å². The minimum atomic E-state index is -3.17. The monoisotopic (exact) mass is 461 g/mol. The summed E-state index contributed by atoms with van der Waals surface area (Å²) in [5.41, 5.74) is -1.07. The second kappa shape index (κ2) is 7.77. The summed E-state index contributed by atoms with van der Waals surface area (Å²) in [6, 6.07) is 3.41. The number of imide groups is 1. The molecular formula is C18H21Cl2N3O5S. The molecular weight excluding hydrogens is 441 g/mol. The third-order valence-corrected chi connectivity index (χ3v) is 7.65. The average Bonchev–Trinajstić information content (AvgIpc) is 3.07. The molecule has 8 nitrogen and oxygen atoms in total. The van der Waals surface area contributed by atoms with E-state index in [1.54, 1.807) is 19.1 Å². The molecule has 2 heterocycles. The summed E-state index contributed by atoms with van der Waals surface area (Å²) in [7, 11) is -3.17. The number of amides is 4. The molecule has 29 heavy (non-hydrogen) atoms. The number of halogens is 2. The van der Waals surface area contributed by atoms with Crippen molar-refractivity contribution in [3.8, 4) is 0 Å². The zero-order chi connectivity index (χ0) is 21.6. The fourth-order valence-corrected chi connectivity index (χ4v) is 6.13. The number of carbonyl (C=O) groups is 3. The van der Waals surface area contributed by atoms with Crippen molar-refractivity contribution in [1.82, 2.24) is 15.1 Å². The summed E-state index contributed by atoms with van der Waals surface area (Å²) in [6.45, 7) is 3.04. The van der Waals surface area contributed by atoms with Crippen LogP contribution in [0.1, 0.15) is 25.8 Å². The van der Waals surface area contributed by atoms with E-state index in [1.165, 1.54) is 17.9 Å². The Bertz CT molecular complexity index is 984. The van der Waals surface area contributed by atoms with Crippen LogP contribution in [-0.2, 0) is 25.0 Å². The van der Waals surface area contributed by atoms with Crippen molar-refractivity contribution in [3.63, 3.8) is 0 Å². The quantitative estimate of drug-likeness (QED) is 0.673. The average molecular weight is 462 g/mol. The number of nitrogens with one attached hydrogen (secondary N) is 1. The lowest BCUT2D eigenvalue weighted by Gasteiger charge is -2.28. The third kappa shape index (κ3) is 4.08. The third-order valence-electron chi connectivity index (χ3n) is 5.35. The first kappa shape index (κ1) is 21.9. The second-order valence-electron chi connectivity index (χ2n) is 7.31. The molecule has 2 atom stereocenters. The molecule has 0 bridgehead atoms. The molecule has 2 aliphatic rings. The zero-order valence-electron chi connectivity index (χ0n) is 15.9. The summed E-state index contributed by atoms with van der Waals surface area (Å²) in [5, 5.41) is 3.20. The molecule has 1 aromatic rings. The number of carbonyl (C=O) groups excluding carboxylic acids is 3. The molecule has 0 radical (unpaired) electrons. The molecule has 0 aliphatic carbocycles. The van der Waals surface area contributed by atoms with Crippen LogP contribution in [0, 0.1) is 0 Å². The van der Waals surface area contributed by atoms with Gasteiger partial charge >= 0.3 is 6.03 Å². The van der Waals surface area contributed by atoms with Gasteiger partial charge in [-0.2, -0.15) is 0 Å². The lowest BCUT2D eigenvalue weighted by Crippen LogP contribution is -2.48. The summed E-state index contributed by atoms with van der Waals surface area (Å²) in [6.07, 6.45) is 0.347. The van der Waals surface area contributed by atoms with Gasteiger partial charge in [0.25, 0.3) is 5.91 Å². The SMILES string of the molecule is CCN(C(=O)CN1C(=O)N[C@](C)(c2ccc(Cl)cc2Cl)C1=O)[C@H]1CCS(=O)(=O)C1. The number of likely N-dealkylation sites (N-methyl/N-ethyl adjacent to an activating group) is 1. The van der Waals surface area contributed by atoms with Crippen molar-refractivity contribution in [2.75, 3.05) is 24.6 Å². The lowest BCUT2D eigenvalue weighted by atomic mass is 9.92. The van der Waals surface area contributed by atoms with E-state index in [1.807, 2.05) is 0 Å². The predicted molar refractivity (Wildman–Crippen MR) is 109 cm³/mol. The molecule has 3 rings (SSSR count). The van der Waals surface area contributed by atoms with E-state index in [-0.39, 0.29) is 23.1 Å². The highest BCUT2D eigenvalue weighted by Crippen LogP contribution is 2.35. The second-order valence-corrected chi connectivity index (χ2v) is 10.4. The largest absolute Gasteiger partial charge is 0.337 e. The number of benzene rings is 1. The van der Waals surface area contributed by atoms with Crippen LogP contribution in [0.5, 0.6) is 0 Å². The van der Waals surface area contributed by atoms with E-state index in [9.17, 15) is 22.8 Å². The van der Waals surface area contributed by atoms with Crippen molar-refractivity contribution in [2.45, 2.75) is 31.8 Å². The molecule has 1 N–H and O–H groups in total. The van der Waals surface area contributed by atoms with Crippen molar-refractivity contribution < 1.29 is 22.8 Å². The van der Waals surface area contributed by atoms with Crippen molar-refractivity contribution in [2.24, 2.45) is 0 Å². The Morgan fingerprint density at radius 3 is 2.59 bits per heavy atom. The van der Waals surface area contributed by atoms with E-state index < -0.39 is 45.8 Å². The van der Waals surface area contributed by atoms with Crippen LogP contribution in [0.2, 0.25) is 10.0 Å². The van der Waals surface area contributed by atoms with E-state index in [2.05, 4.69) is 5.32 Å².